The first kappa shape index (κ1) is 29.7. The van der Waals surface area contributed by atoms with Gasteiger partial charge in [0.15, 0.2) is 5.82 Å². The number of hydrogen-bond acceptors (Lipinski definition) is 10. The van der Waals surface area contributed by atoms with E-state index in [0.29, 0.717) is 23.1 Å². The van der Waals surface area contributed by atoms with Crippen molar-refractivity contribution >= 4 is 23.1 Å². The summed E-state index contributed by atoms with van der Waals surface area (Å²) in [4.78, 5) is 21.7. The number of pyridine rings is 2. The van der Waals surface area contributed by atoms with Crippen LogP contribution in [0.15, 0.2) is 30.6 Å². The molecule has 0 aliphatic rings. The Labute approximate surface area is 211 Å². The van der Waals surface area contributed by atoms with E-state index in [4.69, 9.17) is 19.7 Å². The average molecular weight is 502 g/mol. The number of nitrogens with one attached hydrogen (secondary N) is 2. The van der Waals surface area contributed by atoms with Gasteiger partial charge in [-0.1, -0.05) is 0 Å². The van der Waals surface area contributed by atoms with Crippen molar-refractivity contribution in [3.8, 4) is 23.1 Å². The molecule has 0 atom stereocenters. The molecule has 0 saturated heterocycles. The number of carbonyl (C=O) groups excluding carboxylic acids is 1. The Morgan fingerprint density at radius 2 is 1.60 bits per heavy atom. The second kappa shape index (κ2) is 15.6. The summed E-state index contributed by atoms with van der Waals surface area (Å²) in [6.07, 6.45) is 4.24. The van der Waals surface area contributed by atoms with Gasteiger partial charge < -0.3 is 20.0 Å². The van der Waals surface area contributed by atoms with Gasteiger partial charge in [-0.05, 0) is 59.9 Å². The fourth-order valence-electron chi connectivity index (χ4n) is 2.61. The summed E-state index contributed by atoms with van der Waals surface area (Å²) >= 11 is 1.41. The molecule has 3 heterocycles. The highest BCUT2D eigenvalue weighted by atomic mass is 32.2. The molecule has 3 rings (SSSR count). The molecule has 0 radical (unpaired) electrons. The summed E-state index contributed by atoms with van der Waals surface area (Å²) < 4.78 is 11.1. The van der Waals surface area contributed by atoms with Crippen molar-refractivity contribution in [2.45, 2.75) is 53.8 Å². The average Bonchev–Trinajstić information content (AvgIpc) is 3.32. The molecule has 10 nitrogen and oxygen atoms in total. The number of rotatable bonds is 7. The maximum Gasteiger partial charge on any atom is 0.214 e. The van der Waals surface area contributed by atoms with E-state index in [1.165, 1.54) is 18.1 Å². The van der Waals surface area contributed by atoms with Crippen molar-refractivity contribution < 1.29 is 14.3 Å². The Morgan fingerprint density at radius 1 is 1.06 bits per heavy atom. The SMILES string of the molecule is CSC(=N)c1cc(C)nc(OC(C)C)c1.Cc1cc(-c2ncn[nH]2)cc(OC(C)C)n1.NCC=O. The van der Waals surface area contributed by atoms with Crippen LogP contribution in [0.5, 0.6) is 11.8 Å². The van der Waals surface area contributed by atoms with Crippen LogP contribution >= 0.6 is 11.8 Å². The summed E-state index contributed by atoms with van der Waals surface area (Å²) in [6.45, 7) is 11.8. The fourth-order valence-corrected chi connectivity index (χ4v) is 2.96. The predicted octanol–water partition coefficient (Wildman–Crippen LogP) is 3.97. The standard InChI is InChI=1S/C11H14N4O.C11H16N2OS.C2H5NO/c1-7(2)16-10-5-9(4-8(3)14-10)11-12-6-13-15-11;1-7(2)14-10-6-9(11(12)15-4)5-8(3)13-10;3-1-2-4/h4-7H,1-3H3,(H,12,13,15);5-7,12H,1-4H3;2H,1,3H2. The van der Waals surface area contributed by atoms with E-state index in [2.05, 4.69) is 30.9 Å². The first-order valence-corrected chi connectivity index (χ1v) is 12.2. The van der Waals surface area contributed by atoms with Crippen molar-refractivity contribution in [3.05, 3.63) is 47.5 Å². The molecule has 0 amide bonds. The van der Waals surface area contributed by atoms with E-state index in [1.54, 1.807) is 0 Å². The number of nitrogens with zero attached hydrogens (tertiary/aromatic N) is 4. The quantitative estimate of drug-likeness (QED) is 0.248. The number of H-pyrrole nitrogens is 1. The number of aromatic nitrogens is 5. The maximum atomic E-state index is 9.05. The Balaban J connectivity index is 0.000000305. The molecule has 0 aromatic carbocycles. The van der Waals surface area contributed by atoms with Gasteiger partial charge in [0.1, 0.15) is 12.6 Å². The van der Waals surface area contributed by atoms with Gasteiger partial charge in [0.05, 0.1) is 17.3 Å². The topological polar surface area (TPSA) is 153 Å². The lowest BCUT2D eigenvalue weighted by Crippen LogP contribution is -2.08. The molecule has 11 heteroatoms. The highest BCUT2D eigenvalue weighted by Gasteiger charge is 2.07. The van der Waals surface area contributed by atoms with Crippen molar-refractivity contribution in [2.75, 3.05) is 12.8 Å². The smallest absolute Gasteiger partial charge is 0.214 e. The number of aldehydes is 1. The molecular weight excluding hydrogens is 466 g/mol. The lowest BCUT2D eigenvalue weighted by molar-refractivity contribution is -0.106. The van der Waals surface area contributed by atoms with Crippen LogP contribution in [0.3, 0.4) is 0 Å². The van der Waals surface area contributed by atoms with Crippen molar-refractivity contribution in [2.24, 2.45) is 5.73 Å². The molecule has 0 aliphatic heterocycles. The predicted molar refractivity (Wildman–Crippen MR) is 140 cm³/mol. The highest BCUT2D eigenvalue weighted by Crippen LogP contribution is 2.21. The number of aryl methyl sites for hydroxylation is 2. The van der Waals surface area contributed by atoms with Crippen molar-refractivity contribution in [1.29, 1.82) is 5.41 Å². The van der Waals surface area contributed by atoms with Crippen molar-refractivity contribution in [1.82, 2.24) is 25.1 Å². The van der Waals surface area contributed by atoms with E-state index in [0.717, 1.165) is 28.3 Å². The van der Waals surface area contributed by atoms with E-state index in [-0.39, 0.29) is 18.8 Å². The van der Waals surface area contributed by atoms with Gasteiger partial charge in [-0.2, -0.15) is 5.10 Å². The lowest BCUT2D eigenvalue weighted by Gasteiger charge is -2.10. The summed E-state index contributed by atoms with van der Waals surface area (Å²) in [5, 5.41) is 14.9. The third-order valence-electron chi connectivity index (χ3n) is 3.82. The van der Waals surface area contributed by atoms with Crippen LogP contribution in [0.25, 0.3) is 11.4 Å². The van der Waals surface area contributed by atoms with Crippen LogP contribution < -0.4 is 15.2 Å². The summed E-state index contributed by atoms with van der Waals surface area (Å²) in [5.74, 6) is 1.93. The minimum Gasteiger partial charge on any atom is -0.475 e. The number of carbonyl (C=O) groups is 1. The number of aromatic amines is 1. The van der Waals surface area contributed by atoms with E-state index in [1.807, 2.05) is 72.1 Å². The zero-order valence-corrected chi connectivity index (χ0v) is 22.1. The minimum absolute atomic E-state index is 0.107. The Kier molecular flexibility index (Phi) is 13.2. The molecule has 0 aliphatic carbocycles. The third kappa shape index (κ3) is 11.6. The molecule has 0 bridgehead atoms. The molecule has 35 heavy (non-hydrogen) atoms. The van der Waals surface area contributed by atoms with Crippen LogP contribution in [0.2, 0.25) is 0 Å². The van der Waals surface area contributed by atoms with Gasteiger partial charge in [0.2, 0.25) is 11.8 Å². The minimum atomic E-state index is 0.107. The monoisotopic (exact) mass is 501 g/mol. The molecule has 0 spiro atoms. The Hall–Kier alpha value is -3.31. The first-order chi connectivity index (χ1) is 16.6. The van der Waals surface area contributed by atoms with E-state index >= 15 is 0 Å². The number of ether oxygens (including phenoxy) is 2. The molecule has 3 aromatic rings. The third-order valence-corrected chi connectivity index (χ3v) is 4.47. The molecule has 4 N–H and O–H groups in total. The summed E-state index contributed by atoms with van der Waals surface area (Å²) in [7, 11) is 0. The first-order valence-electron chi connectivity index (χ1n) is 11.0. The highest BCUT2D eigenvalue weighted by molar-refractivity contribution is 8.13. The van der Waals surface area contributed by atoms with Crippen LogP contribution in [0, 0.1) is 19.3 Å². The van der Waals surface area contributed by atoms with Gasteiger partial charge in [0.25, 0.3) is 0 Å². The van der Waals surface area contributed by atoms with E-state index < -0.39 is 0 Å². The Bertz CT molecular complexity index is 1060. The van der Waals surface area contributed by atoms with Crippen LogP contribution in [0.4, 0.5) is 0 Å². The second-order valence-corrected chi connectivity index (χ2v) is 8.59. The molecule has 3 aromatic heterocycles. The summed E-state index contributed by atoms with van der Waals surface area (Å²) in [5.41, 5.74) is 8.23. The number of nitrogens with two attached hydrogens (primary N) is 1. The molecule has 190 valence electrons. The Morgan fingerprint density at radius 3 is 2.06 bits per heavy atom. The van der Waals surface area contributed by atoms with Gasteiger partial charge in [-0.25, -0.2) is 15.0 Å². The molecule has 0 fully saturated rings. The van der Waals surface area contributed by atoms with Gasteiger partial charge >= 0.3 is 0 Å². The lowest BCUT2D eigenvalue weighted by atomic mass is 10.2. The zero-order valence-electron chi connectivity index (χ0n) is 21.3. The number of hydrogen-bond donors (Lipinski definition) is 3. The van der Waals surface area contributed by atoms with Crippen molar-refractivity contribution in [3.63, 3.8) is 0 Å². The molecular formula is C24H35N7O3S. The second-order valence-electron chi connectivity index (χ2n) is 7.77. The van der Waals surface area contributed by atoms with Crippen LogP contribution in [0.1, 0.15) is 44.6 Å². The number of thioether (sulfide) groups is 1. The van der Waals surface area contributed by atoms with Crippen LogP contribution in [-0.2, 0) is 4.79 Å². The van der Waals surface area contributed by atoms with E-state index in [9.17, 15) is 0 Å². The van der Waals surface area contributed by atoms with Gasteiger partial charge in [-0.15, -0.1) is 11.8 Å². The normalized spacial score (nSPS) is 10.1. The van der Waals surface area contributed by atoms with Crippen LogP contribution in [-0.4, -0.2) is 61.5 Å². The van der Waals surface area contributed by atoms with Gasteiger partial charge in [-0.3, -0.25) is 10.5 Å². The molecule has 0 saturated carbocycles. The maximum absolute atomic E-state index is 9.05. The zero-order chi connectivity index (χ0) is 26.4. The van der Waals surface area contributed by atoms with Gasteiger partial charge in [0, 0.05) is 41.2 Å². The fraction of sp³-hybridized carbons (Fsp3) is 0.417. The largest absolute Gasteiger partial charge is 0.475 e. The summed E-state index contributed by atoms with van der Waals surface area (Å²) in [6, 6.07) is 7.50. The molecule has 0 unspecified atom stereocenters.